The maximum atomic E-state index is 13.5. The third kappa shape index (κ3) is 5.33. The first-order valence-electron chi connectivity index (χ1n) is 10.4. The number of carbonyl (C=O) groups excluding carboxylic acids is 3. The van der Waals surface area contributed by atoms with Crippen molar-refractivity contribution in [2.24, 2.45) is 0 Å². The fraction of sp³-hybridized carbons (Fsp3) is 0.348. The first kappa shape index (κ1) is 25.5. The Balaban J connectivity index is 1.96. The molecule has 1 saturated heterocycles. The molecule has 1 heterocycles. The number of anilines is 1. The molecule has 11 heteroatoms. The number of esters is 1. The molecular formula is C23H26N2O8S. The lowest BCUT2D eigenvalue weighted by Crippen LogP contribution is -2.49. The van der Waals surface area contributed by atoms with Gasteiger partial charge in [0.2, 0.25) is 15.9 Å². The number of rotatable bonds is 9. The van der Waals surface area contributed by atoms with Gasteiger partial charge in [0.1, 0.15) is 11.8 Å². The van der Waals surface area contributed by atoms with Gasteiger partial charge in [0.15, 0.2) is 6.29 Å². The van der Waals surface area contributed by atoms with E-state index in [-0.39, 0.29) is 29.3 Å². The van der Waals surface area contributed by atoms with Gasteiger partial charge in [0.25, 0.3) is 5.91 Å². The van der Waals surface area contributed by atoms with E-state index in [4.69, 9.17) is 14.2 Å². The van der Waals surface area contributed by atoms with Crippen LogP contribution in [-0.2, 0) is 33.9 Å². The number of benzene rings is 2. The van der Waals surface area contributed by atoms with Crippen molar-refractivity contribution in [3.8, 4) is 5.75 Å². The van der Waals surface area contributed by atoms with Crippen molar-refractivity contribution >= 4 is 33.5 Å². The van der Waals surface area contributed by atoms with Gasteiger partial charge in [-0.15, -0.1) is 0 Å². The highest BCUT2D eigenvalue weighted by Gasteiger charge is 2.47. The topological polar surface area (TPSA) is 120 Å². The molecule has 34 heavy (non-hydrogen) atoms. The lowest BCUT2D eigenvalue weighted by molar-refractivity contribution is -0.132. The SMILES string of the molecule is COC(CN(C1CC(=O)N(c2ccc(OC(C)=O)cc2)C1=O)S(=O)(=O)c1ccc(C)cc1)OC. The van der Waals surface area contributed by atoms with E-state index in [1.165, 1.54) is 57.5 Å². The summed E-state index contributed by atoms with van der Waals surface area (Å²) in [4.78, 5) is 38.2. The number of ether oxygens (including phenoxy) is 3. The van der Waals surface area contributed by atoms with Gasteiger partial charge in [-0.1, -0.05) is 17.7 Å². The quantitative estimate of drug-likeness (QED) is 0.226. The van der Waals surface area contributed by atoms with Crippen LogP contribution in [-0.4, -0.2) is 63.6 Å². The molecule has 1 aliphatic heterocycles. The van der Waals surface area contributed by atoms with Crippen LogP contribution in [0.4, 0.5) is 5.69 Å². The fourth-order valence-electron chi connectivity index (χ4n) is 3.57. The van der Waals surface area contributed by atoms with Gasteiger partial charge in [0.05, 0.1) is 23.5 Å². The van der Waals surface area contributed by atoms with E-state index in [9.17, 15) is 22.8 Å². The van der Waals surface area contributed by atoms with E-state index < -0.39 is 40.1 Å². The summed E-state index contributed by atoms with van der Waals surface area (Å²) in [5, 5.41) is 0. The Labute approximate surface area is 198 Å². The zero-order valence-corrected chi connectivity index (χ0v) is 20.1. The van der Waals surface area contributed by atoms with Crippen LogP contribution in [0, 0.1) is 6.92 Å². The largest absolute Gasteiger partial charge is 0.427 e. The van der Waals surface area contributed by atoms with Crippen LogP contribution in [0.3, 0.4) is 0 Å². The number of nitrogens with zero attached hydrogens (tertiary/aromatic N) is 2. The summed E-state index contributed by atoms with van der Waals surface area (Å²) in [7, 11) is -1.48. The van der Waals surface area contributed by atoms with Crippen LogP contribution in [0.25, 0.3) is 0 Å². The lowest BCUT2D eigenvalue weighted by atomic mass is 10.2. The third-order valence-corrected chi connectivity index (χ3v) is 7.20. The predicted molar refractivity (Wildman–Crippen MR) is 122 cm³/mol. The summed E-state index contributed by atoms with van der Waals surface area (Å²) in [5.41, 5.74) is 1.10. The predicted octanol–water partition coefficient (Wildman–Crippen LogP) is 1.86. The first-order chi connectivity index (χ1) is 16.1. The second kappa shape index (κ2) is 10.4. The molecule has 0 aliphatic carbocycles. The van der Waals surface area contributed by atoms with Gasteiger partial charge in [-0.2, -0.15) is 4.31 Å². The Morgan fingerprint density at radius 2 is 1.65 bits per heavy atom. The molecule has 1 atom stereocenters. The molecule has 3 rings (SSSR count). The Bertz CT molecular complexity index is 1160. The molecule has 0 spiro atoms. The van der Waals surface area contributed by atoms with Crippen LogP contribution in [0.5, 0.6) is 5.75 Å². The fourth-order valence-corrected chi connectivity index (χ4v) is 5.14. The highest BCUT2D eigenvalue weighted by Crippen LogP contribution is 2.30. The van der Waals surface area contributed by atoms with E-state index >= 15 is 0 Å². The first-order valence-corrected chi connectivity index (χ1v) is 11.8. The molecule has 2 aromatic rings. The number of hydrogen-bond acceptors (Lipinski definition) is 8. The zero-order chi connectivity index (χ0) is 25.0. The Kier molecular flexibility index (Phi) is 7.82. The van der Waals surface area contributed by atoms with E-state index in [1.54, 1.807) is 12.1 Å². The number of imide groups is 1. The van der Waals surface area contributed by atoms with Gasteiger partial charge in [-0.05, 0) is 43.3 Å². The molecular weight excluding hydrogens is 464 g/mol. The van der Waals surface area contributed by atoms with Gasteiger partial charge >= 0.3 is 5.97 Å². The summed E-state index contributed by atoms with van der Waals surface area (Å²) in [6, 6.07) is 10.7. The standard InChI is InChI=1S/C23H26N2O8S/c1-15-5-11-19(12-6-15)34(29,30)24(14-22(31-3)32-4)20-13-21(27)25(23(20)28)17-7-9-18(10-8-17)33-16(2)26/h5-12,20,22H,13-14H2,1-4H3. The second-order valence-electron chi connectivity index (χ2n) is 7.66. The Morgan fingerprint density at radius 3 is 2.18 bits per heavy atom. The number of hydrogen-bond donors (Lipinski definition) is 0. The summed E-state index contributed by atoms with van der Waals surface area (Å²) in [5.74, 6) is -1.53. The highest BCUT2D eigenvalue weighted by molar-refractivity contribution is 7.89. The van der Waals surface area contributed by atoms with Crippen molar-refractivity contribution in [2.75, 3.05) is 25.7 Å². The number of carbonyl (C=O) groups is 3. The molecule has 0 radical (unpaired) electrons. The smallest absolute Gasteiger partial charge is 0.308 e. The summed E-state index contributed by atoms with van der Waals surface area (Å²) >= 11 is 0. The molecule has 1 aliphatic rings. The van der Waals surface area contributed by atoms with E-state index in [0.29, 0.717) is 0 Å². The molecule has 0 N–H and O–H groups in total. The van der Waals surface area contributed by atoms with Crippen molar-refractivity contribution in [2.45, 2.75) is 37.5 Å². The summed E-state index contributed by atoms with van der Waals surface area (Å²) in [6.45, 7) is 2.78. The molecule has 1 fully saturated rings. The number of aryl methyl sites for hydroxylation is 1. The lowest BCUT2D eigenvalue weighted by Gasteiger charge is -2.29. The van der Waals surface area contributed by atoms with Gasteiger partial charge in [-0.25, -0.2) is 13.3 Å². The minimum Gasteiger partial charge on any atom is -0.427 e. The highest BCUT2D eigenvalue weighted by atomic mass is 32.2. The van der Waals surface area contributed by atoms with Crippen LogP contribution < -0.4 is 9.64 Å². The minimum atomic E-state index is -4.18. The van der Waals surface area contributed by atoms with Crippen LogP contribution in [0.15, 0.2) is 53.4 Å². The molecule has 2 amide bonds. The summed E-state index contributed by atoms with van der Waals surface area (Å²) in [6.07, 6.45) is -1.31. The van der Waals surface area contributed by atoms with Crippen molar-refractivity contribution < 1.29 is 37.0 Å². The zero-order valence-electron chi connectivity index (χ0n) is 19.3. The molecule has 2 aromatic carbocycles. The van der Waals surface area contributed by atoms with Gasteiger partial charge in [-0.3, -0.25) is 14.4 Å². The Hall–Kier alpha value is -3.12. The van der Waals surface area contributed by atoms with E-state index in [1.807, 2.05) is 6.92 Å². The minimum absolute atomic E-state index is 0.0199. The van der Waals surface area contributed by atoms with Crippen LogP contribution in [0.1, 0.15) is 18.9 Å². The maximum absolute atomic E-state index is 13.5. The van der Waals surface area contributed by atoms with E-state index in [0.717, 1.165) is 14.8 Å². The molecule has 0 bridgehead atoms. The van der Waals surface area contributed by atoms with Crippen LogP contribution >= 0.6 is 0 Å². The van der Waals surface area contributed by atoms with Crippen LogP contribution in [0.2, 0.25) is 0 Å². The number of methoxy groups -OCH3 is 2. The van der Waals surface area contributed by atoms with Crippen molar-refractivity contribution in [1.29, 1.82) is 0 Å². The summed E-state index contributed by atoms with van der Waals surface area (Å²) < 4.78 is 43.3. The molecule has 10 nitrogen and oxygen atoms in total. The molecule has 1 unspecified atom stereocenters. The average Bonchev–Trinajstić information content (AvgIpc) is 3.08. The second-order valence-corrected chi connectivity index (χ2v) is 9.55. The third-order valence-electron chi connectivity index (χ3n) is 5.31. The Morgan fingerprint density at radius 1 is 1.06 bits per heavy atom. The molecule has 0 aromatic heterocycles. The van der Waals surface area contributed by atoms with Crippen molar-refractivity contribution in [1.82, 2.24) is 4.31 Å². The number of sulfonamides is 1. The van der Waals surface area contributed by atoms with E-state index in [2.05, 4.69) is 0 Å². The monoisotopic (exact) mass is 490 g/mol. The van der Waals surface area contributed by atoms with Crippen molar-refractivity contribution in [3.05, 3.63) is 54.1 Å². The average molecular weight is 491 g/mol. The molecule has 0 saturated carbocycles. The molecule has 182 valence electrons. The van der Waals surface area contributed by atoms with Gasteiger partial charge in [0, 0.05) is 21.1 Å². The van der Waals surface area contributed by atoms with Gasteiger partial charge < -0.3 is 14.2 Å². The normalized spacial score (nSPS) is 16.5. The number of amides is 2. The maximum Gasteiger partial charge on any atom is 0.308 e. The van der Waals surface area contributed by atoms with Crippen molar-refractivity contribution in [3.63, 3.8) is 0 Å².